The number of nitrogens with one attached hydrogen (secondary N) is 1. The molecule has 17 heavy (non-hydrogen) atoms. The lowest BCUT2D eigenvalue weighted by Crippen LogP contribution is -2.58. The molecule has 1 saturated carbocycles. The van der Waals surface area contributed by atoms with Crippen LogP contribution in [-0.4, -0.2) is 49.3 Å². The number of hydrogen-bond acceptors (Lipinski definition) is 3. The molecule has 0 amide bonds. The van der Waals surface area contributed by atoms with Crippen LogP contribution in [0.15, 0.2) is 0 Å². The molecule has 2 saturated heterocycles. The van der Waals surface area contributed by atoms with Gasteiger partial charge in [-0.1, -0.05) is 26.2 Å². The van der Waals surface area contributed by atoms with E-state index in [4.69, 9.17) is 4.74 Å². The third-order valence-electron chi connectivity index (χ3n) is 5.03. The highest BCUT2D eigenvalue weighted by molar-refractivity contribution is 4.96. The summed E-state index contributed by atoms with van der Waals surface area (Å²) < 4.78 is 5.98. The van der Waals surface area contributed by atoms with Gasteiger partial charge in [0.05, 0.1) is 12.7 Å². The van der Waals surface area contributed by atoms with Gasteiger partial charge in [0.2, 0.25) is 0 Å². The van der Waals surface area contributed by atoms with Crippen LogP contribution < -0.4 is 5.32 Å². The van der Waals surface area contributed by atoms with Crippen LogP contribution in [-0.2, 0) is 4.74 Å². The largest absolute Gasteiger partial charge is 0.375 e. The van der Waals surface area contributed by atoms with E-state index in [0.717, 1.165) is 31.2 Å². The van der Waals surface area contributed by atoms with Crippen molar-refractivity contribution in [2.45, 2.75) is 57.2 Å². The highest BCUT2D eigenvalue weighted by Crippen LogP contribution is 2.32. The van der Waals surface area contributed by atoms with E-state index < -0.39 is 0 Å². The summed E-state index contributed by atoms with van der Waals surface area (Å²) in [5.74, 6) is 0.857. The van der Waals surface area contributed by atoms with Gasteiger partial charge in [-0.2, -0.15) is 0 Å². The normalized spacial score (nSPS) is 43.6. The van der Waals surface area contributed by atoms with Gasteiger partial charge in [0.25, 0.3) is 0 Å². The van der Waals surface area contributed by atoms with Gasteiger partial charge in [-0.3, -0.25) is 4.90 Å². The molecule has 0 bridgehead atoms. The van der Waals surface area contributed by atoms with Crippen LogP contribution in [0.1, 0.15) is 39.0 Å². The van der Waals surface area contributed by atoms with Crippen LogP contribution in [0.25, 0.3) is 0 Å². The Balaban J connectivity index is 1.72. The van der Waals surface area contributed by atoms with E-state index >= 15 is 0 Å². The summed E-state index contributed by atoms with van der Waals surface area (Å²) in [6.07, 6.45) is 7.27. The summed E-state index contributed by atoms with van der Waals surface area (Å²) in [5.41, 5.74) is 0. The first-order valence-corrected chi connectivity index (χ1v) is 7.48. The number of fused-ring (bicyclic) bond motifs is 1. The van der Waals surface area contributed by atoms with Gasteiger partial charge >= 0.3 is 0 Å². The second kappa shape index (κ2) is 5.25. The quantitative estimate of drug-likeness (QED) is 0.791. The fraction of sp³-hybridized carbons (Fsp3) is 1.00. The zero-order valence-electron chi connectivity index (χ0n) is 11.0. The van der Waals surface area contributed by atoms with Crippen molar-refractivity contribution in [1.29, 1.82) is 0 Å². The molecule has 3 rings (SSSR count). The van der Waals surface area contributed by atoms with Gasteiger partial charge < -0.3 is 10.1 Å². The van der Waals surface area contributed by atoms with Crippen molar-refractivity contribution in [2.24, 2.45) is 5.92 Å². The maximum absolute atomic E-state index is 5.98. The molecule has 98 valence electrons. The lowest BCUT2D eigenvalue weighted by molar-refractivity contribution is -0.105. The average molecular weight is 238 g/mol. The van der Waals surface area contributed by atoms with E-state index in [0.29, 0.717) is 6.10 Å². The minimum Gasteiger partial charge on any atom is -0.375 e. The standard InChI is InChI=1S/C14H26N2O/c1-2-11-9-15-10-13(11)16-7-8-17-14-6-4-3-5-12(14)16/h11-15H,2-10H2,1H3. The summed E-state index contributed by atoms with van der Waals surface area (Å²) >= 11 is 0. The Labute approximate surface area is 105 Å². The molecule has 3 nitrogen and oxygen atoms in total. The van der Waals surface area contributed by atoms with Gasteiger partial charge in [-0.05, 0) is 25.3 Å². The first-order valence-electron chi connectivity index (χ1n) is 7.48. The van der Waals surface area contributed by atoms with Crippen LogP contribution in [0.3, 0.4) is 0 Å². The zero-order valence-corrected chi connectivity index (χ0v) is 11.0. The van der Waals surface area contributed by atoms with Crippen LogP contribution in [0.4, 0.5) is 0 Å². The lowest BCUT2D eigenvalue weighted by Gasteiger charge is -2.47. The van der Waals surface area contributed by atoms with E-state index in [1.165, 1.54) is 45.2 Å². The van der Waals surface area contributed by atoms with E-state index in [1.54, 1.807) is 0 Å². The molecule has 0 spiro atoms. The predicted octanol–water partition coefficient (Wildman–Crippen LogP) is 1.63. The van der Waals surface area contributed by atoms with Crippen molar-refractivity contribution in [3.05, 3.63) is 0 Å². The SMILES string of the molecule is CCC1CNCC1N1CCOC2CCCCC21. The Morgan fingerprint density at radius 1 is 1.18 bits per heavy atom. The van der Waals surface area contributed by atoms with Crippen molar-refractivity contribution in [1.82, 2.24) is 10.2 Å². The molecule has 3 fully saturated rings. The van der Waals surface area contributed by atoms with E-state index in [-0.39, 0.29) is 0 Å². The molecule has 0 aromatic carbocycles. The molecule has 2 heterocycles. The Morgan fingerprint density at radius 2 is 2.06 bits per heavy atom. The smallest absolute Gasteiger partial charge is 0.0731 e. The number of hydrogen-bond donors (Lipinski definition) is 1. The highest BCUT2D eigenvalue weighted by atomic mass is 16.5. The molecular weight excluding hydrogens is 212 g/mol. The summed E-state index contributed by atoms with van der Waals surface area (Å²) in [6.45, 7) is 6.86. The number of rotatable bonds is 2. The first-order chi connectivity index (χ1) is 8.40. The van der Waals surface area contributed by atoms with E-state index in [2.05, 4.69) is 17.1 Å². The Bertz CT molecular complexity index is 255. The van der Waals surface area contributed by atoms with Crippen molar-refractivity contribution in [3.63, 3.8) is 0 Å². The molecule has 2 aliphatic heterocycles. The van der Waals surface area contributed by atoms with Crippen LogP contribution in [0.5, 0.6) is 0 Å². The van der Waals surface area contributed by atoms with Gasteiger partial charge in [-0.15, -0.1) is 0 Å². The number of morpholine rings is 1. The lowest BCUT2D eigenvalue weighted by atomic mass is 9.87. The molecule has 4 unspecified atom stereocenters. The van der Waals surface area contributed by atoms with Crippen LogP contribution in [0, 0.1) is 5.92 Å². The third-order valence-corrected chi connectivity index (χ3v) is 5.03. The highest BCUT2D eigenvalue weighted by Gasteiger charge is 2.41. The molecule has 4 atom stereocenters. The summed E-state index contributed by atoms with van der Waals surface area (Å²) in [7, 11) is 0. The van der Waals surface area contributed by atoms with Gasteiger partial charge in [0.15, 0.2) is 0 Å². The molecule has 3 heteroatoms. The number of ether oxygens (including phenoxy) is 1. The molecular formula is C14H26N2O. The topological polar surface area (TPSA) is 24.5 Å². The summed E-state index contributed by atoms with van der Waals surface area (Å²) in [5, 5.41) is 3.58. The Morgan fingerprint density at radius 3 is 2.94 bits per heavy atom. The monoisotopic (exact) mass is 238 g/mol. The minimum absolute atomic E-state index is 0.538. The maximum atomic E-state index is 5.98. The van der Waals surface area contributed by atoms with Crippen molar-refractivity contribution in [2.75, 3.05) is 26.2 Å². The minimum atomic E-state index is 0.538. The number of nitrogens with zero attached hydrogens (tertiary/aromatic N) is 1. The predicted molar refractivity (Wildman–Crippen MR) is 69.1 cm³/mol. The fourth-order valence-electron chi connectivity index (χ4n) is 4.06. The molecule has 1 N–H and O–H groups in total. The zero-order chi connectivity index (χ0) is 11.7. The Kier molecular flexibility index (Phi) is 3.69. The fourth-order valence-corrected chi connectivity index (χ4v) is 4.06. The van der Waals surface area contributed by atoms with Gasteiger partial charge in [0.1, 0.15) is 0 Å². The first kappa shape index (κ1) is 11.9. The van der Waals surface area contributed by atoms with Crippen molar-refractivity contribution in [3.8, 4) is 0 Å². The summed E-state index contributed by atoms with van der Waals surface area (Å²) in [4.78, 5) is 2.79. The average Bonchev–Trinajstić information content (AvgIpc) is 2.86. The van der Waals surface area contributed by atoms with Gasteiger partial charge in [-0.25, -0.2) is 0 Å². The molecule has 0 aromatic heterocycles. The molecule has 0 radical (unpaired) electrons. The molecule has 1 aliphatic carbocycles. The third kappa shape index (κ3) is 2.25. The Hall–Kier alpha value is -0.120. The second-order valence-corrected chi connectivity index (χ2v) is 5.89. The molecule has 3 aliphatic rings. The summed E-state index contributed by atoms with van der Waals surface area (Å²) in [6, 6.07) is 1.49. The van der Waals surface area contributed by atoms with E-state index in [1.807, 2.05) is 0 Å². The maximum Gasteiger partial charge on any atom is 0.0731 e. The van der Waals surface area contributed by atoms with Crippen molar-refractivity contribution < 1.29 is 4.74 Å². The molecule has 0 aromatic rings. The van der Waals surface area contributed by atoms with Crippen molar-refractivity contribution >= 4 is 0 Å². The van der Waals surface area contributed by atoms with Crippen LogP contribution in [0.2, 0.25) is 0 Å². The van der Waals surface area contributed by atoms with Gasteiger partial charge in [0, 0.05) is 25.2 Å². The second-order valence-electron chi connectivity index (χ2n) is 5.89. The van der Waals surface area contributed by atoms with E-state index in [9.17, 15) is 0 Å². The van der Waals surface area contributed by atoms with Crippen LogP contribution >= 0.6 is 0 Å².